The van der Waals surface area contributed by atoms with Crippen LogP contribution in [0.15, 0.2) is 46.9 Å². The van der Waals surface area contributed by atoms with Crippen molar-refractivity contribution in [2.45, 2.75) is 6.92 Å². The fraction of sp³-hybridized carbons (Fsp3) is 0.0714. The number of nitrogens with zero attached hydrogens (tertiary/aromatic N) is 2. The molecule has 19 heavy (non-hydrogen) atoms. The maximum Gasteiger partial charge on any atom is 0.269 e. The standard InChI is InChI=1S/C14H10N2O3/c1-9-3-2-4-12-13(9)19-14(15-12)10-5-7-11(8-6-10)16(17)18/h2-8H,1H3. The van der Waals surface area contributed by atoms with Gasteiger partial charge in [-0.15, -0.1) is 0 Å². The minimum Gasteiger partial charge on any atom is -0.436 e. The van der Waals surface area contributed by atoms with Crippen LogP contribution < -0.4 is 0 Å². The summed E-state index contributed by atoms with van der Waals surface area (Å²) in [4.78, 5) is 14.6. The summed E-state index contributed by atoms with van der Waals surface area (Å²) in [5.74, 6) is 0.471. The third-order valence-corrected chi connectivity index (χ3v) is 2.94. The second-order valence-corrected chi connectivity index (χ2v) is 4.25. The van der Waals surface area contributed by atoms with E-state index in [4.69, 9.17) is 4.42 Å². The highest BCUT2D eigenvalue weighted by atomic mass is 16.6. The molecule has 94 valence electrons. The summed E-state index contributed by atoms with van der Waals surface area (Å²) < 4.78 is 5.70. The molecule has 5 heteroatoms. The molecule has 0 unspecified atom stereocenters. The predicted molar refractivity (Wildman–Crippen MR) is 70.8 cm³/mol. The van der Waals surface area contributed by atoms with Crippen molar-refractivity contribution in [1.29, 1.82) is 0 Å². The fourth-order valence-electron chi connectivity index (χ4n) is 1.94. The summed E-state index contributed by atoms with van der Waals surface area (Å²) in [7, 11) is 0. The third-order valence-electron chi connectivity index (χ3n) is 2.94. The first-order valence-corrected chi connectivity index (χ1v) is 5.76. The molecule has 0 atom stereocenters. The van der Waals surface area contributed by atoms with E-state index in [1.54, 1.807) is 12.1 Å². The molecule has 3 aromatic rings. The van der Waals surface area contributed by atoms with Gasteiger partial charge in [-0.3, -0.25) is 10.1 Å². The van der Waals surface area contributed by atoms with Gasteiger partial charge in [0.15, 0.2) is 5.58 Å². The van der Waals surface area contributed by atoms with E-state index in [0.717, 1.165) is 22.2 Å². The van der Waals surface area contributed by atoms with Crippen molar-refractivity contribution in [2.75, 3.05) is 0 Å². The van der Waals surface area contributed by atoms with Crippen LogP contribution in [-0.2, 0) is 0 Å². The molecule has 0 amide bonds. The Bertz CT molecular complexity index is 760. The van der Waals surface area contributed by atoms with E-state index in [0.29, 0.717) is 5.89 Å². The number of hydrogen-bond donors (Lipinski definition) is 0. The number of aromatic nitrogens is 1. The van der Waals surface area contributed by atoms with E-state index in [9.17, 15) is 10.1 Å². The Morgan fingerprint density at radius 1 is 1.16 bits per heavy atom. The van der Waals surface area contributed by atoms with Gasteiger partial charge in [0.1, 0.15) is 5.52 Å². The van der Waals surface area contributed by atoms with Crippen LogP contribution in [0.5, 0.6) is 0 Å². The Kier molecular flexibility index (Phi) is 2.52. The molecule has 0 aliphatic carbocycles. The zero-order chi connectivity index (χ0) is 13.4. The molecule has 2 aromatic carbocycles. The molecular weight excluding hydrogens is 244 g/mol. The summed E-state index contributed by atoms with van der Waals surface area (Å²) >= 11 is 0. The highest BCUT2D eigenvalue weighted by Gasteiger charge is 2.11. The predicted octanol–water partition coefficient (Wildman–Crippen LogP) is 3.71. The molecule has 0 bridgehead atoms. The maximum absolute atomic E-state index is 10.6. The van der Waals surface area contributed by atoms with E-state index >= 15 is 0 Å². The van der Waals surface area contributed by atoms with E-state index in [2.05, 4.69) is 4.98 Å². The van der Waals surface area contributed by atoms with Crippen LogP contribution in [0.3, 0.4) is 0 Å². The summed E-state index contributed by atoms with van der Waals surface area (Å²) in [6.45, 7) is 1.95. The van der Waals surface area contributed by atoms with Crippen molar-refractivity contribution in [1.82, 2.24) is 4.98 Å². The zero-order valence-corrected chi connectivity index (χ0v) is 10.2. The van der Waals surface area contributed by atoms with Crippen LogP contribution in [0.2, 0.25) is 0 Å². The zero-order valence-electron chi connectivity index (χ0n) is 10.2. The van der Waals surface area contributed by atoms with Gasteiger partial charge in [0.2, 0.25) is 5.89 Å². The van der Waals surface area contributed by atoms with E-state index in [1.165, 1.54) is 12.1 Å². The Balaban J connectivity index is 2.09. The first-order chi connectivity index (χ1) is 9.15. The summed E-state index contributed by atoms with van der Waals surface area (Å²) in [5, 5.41) is 10.6. The molecule has 0 aliphatic rings. The second-order valence-electron chi connectivity index (χ2n) is 4.25. The van der Waals surface area contributed by atoms with Crippen molar-refractivity contribution in [3.05, 3.63) is 58.1 Å². The summed E-state index contributed by atoms with van der Waals surface area (Å²) in [6, 6.07) is 11.9. The van der Waals surface area contributed by atoms with E-state index in [-0.39, 0.29) is 5.69 Å². The molecule has 1 heterocycles. The van der Waals surface area contributed by atoms with Crippen molar-refractivity contribution in [2.24, 2.45) is 0 Å². The van der Waals surface area contributed by atoms with Gasteiger partial charge in [0, 0.05) is 17.7 Å². The normalized spacial score (nSPS) is 10.8. The molecule has 5 nitrogen and oxygen atoms in total. The van der Waals surface area contributed by atoms with Crippen molar-refractivity contribution in [3.8, 4) is 11.5 Å². The first-order valence-electron chi connectivity index (χ1n) is 5.76. The Morgan fingerprint density at radius 2 is 1.89 bits per heavy atom. The Hall–Kier alpha value is -2.69. The lowest BCUT2D eigenvalue weighted by molar-refractivity contribution is -0.384. The number of nitro benzene ring substituents is 1. The number of aryl methyl sites for hydroxylation is 1. The number of benzene rings is 2. The second kappa shape index (κ2) is 4.20. The van der Waals surface area contributed by atoms with Crippen LogP contribution in [0.4, 0.5) is 5.69 Å². The van der Waals surface area contributed by atoms with Crippen LogP contribution in [0.25, 0.3) is 22.6 Å². The lowest BCUT2D eigenvalue weighted by Crippen LogP contribution is -1.87. The Labute approximate surface area is 108 Å². The van der Waals surface area contributed by atoms with Gasteiger partial charge < -0.3 is 4.42 Å². The average Bonchev–Trinajstić information content (AvgIpc) is 2.84. The molecule has 1 aromatic heterocycles. The van der Waals surface area contributed by atoms with Gasteiger partial charge in [0.05, 0.1) is 4.92 Å². The number of fused-ring (bicyclic) bond motifs is 1. The van der Waals surface area contributed by atoms with Crippen LogP contribution in [-0.4, -0.2) is 9.91 Å². The number of oxazole rings is 1. The topological polar surface area (TPSA) is 69.2 Å². The van der Waals surface area contributed by atoms with Crippen molar-refractivity contribution >= 4 is 16.8 Å². The highest BCUT2D eigenvalue weighted by Crippen LogP contribution is 2.27. The van der Waals surface area contributed by atoms with Gasteiger partial charge in [0.25, 0.3) is 5.69 Å². The fourth-order valence-corrected chi connectivity index (χ4v) is 1.94. The van der Waals surface area contributed by atoms with Crippen molar-refractivity contribution < 1.29 is 9.34 Å². The SMILES string of the molecule is Cc1cccc2nc(-c3ccc([N+](=O)[O-])cc3)oc12. The summed E-state index contributed by atoms with van der Waals surface area (Å²) in [5.41, 5.74) is 3.32. The average molecular weight is 254 g/mol. The third kappa shape index (κ3) is 1.95. The number of rotatable bonds is 2. The summed E-state index contributed by atoms with van der Waals surface area (Å²) in [6.07, 6.45) is 0. The van der Waals surface area contributed by atoms with Gasteiger partial charge in [-0.05, 0) is 30.7 Å². The number of para-hydroxylation sites is 1. The van der Waals surface area contributed by atoms with Gasteiger partial charge in [-0.2, -0.15) is 0 Å². The van der Waals surface area contributed by atoms with E-state index < -0.39 is 4.92 Å². The molecule has 0 saturated carbocycles. The molecule has 0 aliphatic heterocycles. The largest absolute Gasteiger partial charge is 0.436 e. The van der Waals surface area contributed by atoms with Gasteiger partial charge in [-0.1, -0.05) is 12.1 Å². The van der Waals surface area contributed by atoms with Crippen LogP contribution in [0.1, 0.15) is 5.56 Å². The van der Waals surface area contributed by atoms with Crippen molar-refractivity contribution in [3.63, 3.8) is 0 Å². The smallest absolute Gasteiger partial charge is 0.269 e. The minimum absolute atomic E-state index is 0.0519. The number of nitro groups is 1. The highest BCUT2D eigenvalue weighted by molar-refractivity contribution is 5.79. The molecule has 0 fully saturated rings. The molecule has 0 saturated heterocycles. The van der Waals surface area contributed by atoms with Gasteiger partial charge in [-0.25, -0.2) is 4.98 Å². The minimum atomic E-state index is -0.431. The molecule has 0 spiro atoms. The molecule has 0 N–H and O–H groups in total. The first kappa shape index (κ1) is 11.4. The number of non-ortho nitro benzene ring substituents is 1. The van der Waals surface area contributed by atoms with E-state index in [1.807, 2.05) is 25.1 Å². The number of hydrogen-bond acceptors (Lipinski definition) is 4. The quantitative estimate of drug-likeness (QED) is 0.516. The molecule has 0 radical (unpaired) electrons. The maximum atomic E-state index is 10.6. The molecular formula is C14H10N2O3. The van der Waals surface area contributed by atoms with Gasteiger partial charge >= 0.3 is 0 Å². The van der Waals surface area contributed by atoms with Crippen LogP contribution >= 0.6 is 0 Å². The lowest BCUT2D eigenvalue weighted by atomic mass is 10.2. The Morgan fingerprint density at radius 3 is 2.53 bits per heavy atom. The lowest BCUT2D eigenvalue weighted by Gasteiger charge is -1.94. The molecule has 3 rings (SSSR count). The monoisotopic (exact) mass is 254 g/mol. The van der Waals surface area contributed by atoms with Crippen LogP contribution in [0, 0.1) is 17.0 Å².